The highest BCUT2D eigenvalue weighted by Gasteiger charge is 2.16. The number of aryl methyl sites for hydroxylation is 1. The molecule has 1 aromatic heterocycles. The van der Waals surface area contributed by atoms with Crippen molar-refractivity contribution in [1.29, 1.82) is 0 Å². The second-order valence-corrected chi connectivity index (χ2v) is 5.47. The number of nitrogens with one attached hydrogen (secondary N) is 1. The molecule has 0 spiro atoms. The van der Waals surface area contributed by atoms with Gasteiger partial charge < -0.3 is 5.32 Å². The minimum absolute atomic E-state index is 0.0177. The summed E-state index contributed by atoms with van der Waals surface area (Å²) < 4.78 is 0.800. The van der Waals surface area contributed by atoms with E-state index in [-0.39, 0.29) is 12.2 Å². The number of halogens is 1. The second kappa shape index (κ2) is 4.91. The fourth-order valence-corrected chi connectivity index (χ4v) is 2.47. The Morgan fingerprint density at radius 1 is 1.67 bits per heavy atom. The van der Waals surface area contributed by atoms with Gasteiger partial charge in [-0.05, 0) is 13.0 Å². The van der Waals surface area contributed by atoms with Gasteiger partial charge in [-0.2, -0.15) is 0 Å². The van der Waals surface area contributed by atoms with Gasteiger partial charge in [0.2, 0.25) is 0 Å². The number of nitro groups is 1. The summed E-state index contributed by atoms with van der Waals surface area (Å²) in [5.74, 6) is 0. The van der Waals surface area contributed by atoms with Crippen LogP contribution in [0.2, 0.25) is 0 Å². The maximum Gasteiger partial charge on any atom is 0.293 e. The number of thiazole rings is 1. The van der Waals surface area contributed by atoms with Crippen LogP contribution in [-0.2, 0) is 0 Å². The first kappa shape index (κ1) is 12.8. The zero-order chi connectivity index (χ0) is 13.3. The molecule has 1 heterocycles. The van der Waals surface area contributed by atoms with Crippen molar-refractivity contribution in [3.8, 4) is 0 Å². The van der Waals surface area contributed by atoms with E-state index in [4.69, 9.17) is 11.6 Å². The Morgan fingerprint density at radius 2 is 2.39 bits per heavy atom. The van der Waals surface area contributed by atoms with Gasteiger partial charge in [-0.25, -0.2) is 4.98 Å². The first-order valence-corrected chi connectivity index (χ1v) is 6.29. The molecule has 0 aliphatic heterocycles. The Labute approximate surface area is 112 Å². The molecule has 0 saturated heterocycles. The van der Waals surface area contributed by atoms with E-state index >= 15 is 0 Å². The zero-order valence-corrected chi connectivity index (χ0v) is 11.1. The summed E-state index contributed by atoms with van der Waals surface area (Å²) in [6.07, 6.45) is 0. The molecule has 0 fully saturated rings. The Morgan fingerprint density at radius 3 is 3.00 bits per heavy atom. The minimum atomic E-state index is -0.423. The third-order valence-corrected chi connectivity index (χ3v) is 3.35. The summed E-state index contributed by atoms with van der Waals surface area (Å²) in [5, 5.41) is 15.2. The largest absolute Gasteiger partial charge is 0.374 e. The molecule has 2 aromatic rings. The summed E-state index contributed by atoms with van der Waals surface area (Å²) in [6, 6.07) is 3.19. The fourth-order valence-electron chi connectivity index (χ4n) is 1.56. The summed E-state index contributed by atoms with van der Waals surface area (Å²) >= 11 is 7.07. The van der Waals surface area contributed by atoms with Crippen molar-refractivity contribution in [3.63, 3.8) is 0 Å². The molecular weight excluding hydrogens is 274 g/mol. The Bertz CT molecular complexity index is 638. The topological polar surface area (TPSA) is 68.1 Å². The highest BCUT2D eigenvalue weighted by Crippen LogP contribution is 2.33. The SMILES string of the molecule is C=C(Cl)CNc1cc2nc(C)sc2cc1[N+](=O)[O-]. The third-order valence-electron chi connectivity index (χ3n) is 2.28. The van der Waals surface area contributed by atoms with E-state index in [0.717, 1.165) is 15.2 Å². The predicted molar refractivity (Wildman–Crippen MR) is 74.5 cm³/mol. The minimum Gasteiger partial charge on any atom is -0.374 e. The average Bonchev–Trinajstić information content (AvgIpc) is 2.63. The lowest BCUT2D eigenvalue weighted by Gasteiger charge is -2.05. The number of hydrogen-bond donors (Lipinski definition) is 1. The molecule has 0 atom stereocenters. The van der Waals surface area contributed by atoms with Crippen LogP contribution >= 0.6 is 22.9 Å². The van der Waals surface area contributed by atoms with Crippen LogP contribution in [0.3, 0.4) is 0 Å². The normalized spacial score (nSPS) is 10.6. The highest BCUT2D eigenvalue weighted by atomic mass is 35.5. The van der Waals surface area contributed by atoms with Crippen molar-refractivity contribution in [2.75, 3.05) is 11.9 Å². The van der Waals surface area contributed by atoms with Crippen LogP contribution in [0, 0.1) is 17.0 Å². The molecule has 0 aliphatic rings. The van der Waals surface area contributed by atoms with Crippen molar-refractivity contribution in [3.05, 3.63) is 38.9 Å². The van der Waals surface area contributed by atoms with E-state index in [1.165, 1.54) is 17.4 Å². The monoisotopic (exact) mass is 283 g/mol. The van der Waals surface area contributed by atoms with Gasteiger partial charge in [-0.3, -0.25) is 10.1 Å². The van der Waals surface area contributed by atoms with Crippen LogP contribution < -0.4 is 5.32 Å². The quantitative estimate of drug-likeness (QED) is 0.686. The highest BCUT2D eigenvalue weighted by molar-refractivity contribution is 7.18. The van der Waals surface area contributed by atoms with Gasteiger partial charge in [-0.15, -0.1) is 11.3 Å². The van der Waals surface area contributed by atoms with Gasteiger partial charge in [0.25, 0.3) is 5.69 Å². The molecule has 0 bridgehead atoms. The number of benzene rings is 1. The van der Waals surface area contributed by atoms with Crippen LogP contribution in [0.4, 0.5) is 11.4 Å². The number of rotatable bonds is 4. The van der Waals surface area contributed by atoms with Gasteiger partial charge in [0.05, 0.1) is 26.7 Å². The third kappa shape index (κ3) is 2.60. The molecule has 94 valence electrons. The lowest BCUT2D eigenvalue weighted by molar-refractivity contribution is -0.383. The molecule has 18 heavy (non-hydrogen) atoms. The molecule has 5 nitrogen and oxygen atoms in total. The zero-order valence-electron chi connectivity index (χ0n) is 9.57. The maximum atomic E-state index is 11.0. The van der Waals surface area contributed by atoms with E-state index in [1.54, 1.807) is 6.07 Å². The van der Waals surface area contributed by atoms with E-state index in [0.29, 0.717) is 10.7 Å². The van der Waals surface area contributed by atoms with E-state index in [2.05, 4.69) is 16.9 Å². The van der Waals surface area contributed by atoms with Gasteiger partial charge in [-0.1, -0.05) is 18.2 Å². The fraction of sp³-hybridized carbons (Fsp3) is 0.182. The molecule has 0 saturated carbocycles. The van der Waals surface area contributed by atoms with Gasteiger partial charge in [0.1, 0.15) is 5.69 Å². The van der Waals surface area contributed by atoms with Crippen LogP contribution in [0.25, 0.3) is 10.2 Å². The second-order valence-electron chi connectivity index (χ2n) is 3.70. The summed E-state index contributed by atoms with van der Waals surface area (Å²) in [7, 11) is 0. The van der Waals surface area contributed by atoms with Gasteiger partial charge in [0, 0.05) is 11.1 Å². The molecule has 0 aliphatic carbocycles. The maximum absolute atomic E-state index is 11.0. The average molecular weight is 284 g/mol. The first-order valence-electron chi connectivity index (χ1n) is 5.10. The Balaban J connectivity index is 2.50. The van der Waals surface area contributed by atoms with Crippen molar-refractivity contribution >= 4 is 44.5 Å². The summed E-state index contributed by atoms with van der Waals surface area (Å²) in [4.78, 5) is 14.9. The molecule has 0 amide bonds. The Hall–Kier alpha value is -1.66. The molecule has 2 rings (SSSR count). The van der Waals surface area contributed by atoms with E-state index < -0.39 is 4.92 Å². The predicted octanol–water partition coefficient (Wildman–Crippen LogP) is 3.68. The molecule has 0 radical (unpaired) electrons. The van der Waals surface area contributed by atoms with Crippen LogP contribution in [0.1, 0.15) is 5.01 Å². The van der Waals surface area contributed by atoms with Crippen LogP contribution in [-0.4, -0.2) is 16.5 Å². The number of fused-ring (bicyclic) bond motifs is 1. The summed E-state index contributed by atoms with van der Waals surface area (Å²) in [5.41, 5.74) is 1.16. The number of nitro benzene ring substituents is 1. The molecule has 0 unspecified atom stereocenters. The lowest BCUT2D eigenvalue weighted by atomic mass is 10.2. The van der Waals surface area contributed by atoms with Gasteiger partial charge in [0.15, 0.2) is 0 Å². The van der Waals surface area contributed by atoms with Crippen molar-refractivity contribution in [1.82, 2.24) is 4.98 Å². The summed E-state index contributed by atoms with van der Waals surface area (Å²) in [6.45, 7) is 5.67. The Kier molecular flexibility index (Phi) is 3.49. The smallest absolute Gasteiger partial charge is 0.293 e. The van der Waals surface area contributed by atoms with Crippen LogP contribution in [0.15, 0.2) is 23.7 Å². The molecular formula is C11H10ClN3O2S. The van der Waals surface area contributed by atoms with Gasteiger partial charge >= 0.3 is 0 Å². The first-order chi connectivity index (χ1) is 8.47. The van der Waals surface area contributed by atoms with E-state index in [9.17, 15) is 10.1 Å². The number of hydrogen-bond acceptors (Lipinski definition) is 5. The molecule has 1 N–H and O–H groups in total. The van der Waals surface area contributed by atoms with Crippen molar-refractivity contribution in [2.45, 2.75) is 6.92 Å². The van der Waals surface area contributed by atoms with Crippen molar-refractivity contribution < 1.29 is 4.92 Å². The molecule has 7 heteroatoms. The van der Waals surface area contributed by atoms with Crippen molar-refractivity contribution in [2.24, 2.45) is 0 Å². The standard InChI is InChI=1S/C11H10ClN3O2S/c1-6(12)5-13-8-3-9-11(18-7(2)14-9)4-10(8)15(16)17/h3-4,13H,1,5H2,2H3. The van der Waals surface area contributed by atoms with E-state index in [1.807, 2.05) is 6.92 Å². The number of anilines is 1. The molecule has 1 aromatic carbocycles. The van der Waals surface area contributed by atoms with Crippen LogP contribution in [0.5, 0.6) is 0 Å². The lowest BCUT2D eigenvalue weighted by Crippen LogP contribution is -2.03. The number of aromatic nitrogens is 1. The number of nitrogens with zero attached hydrogens (tertiary/aromatic N) is 2.